The summed E-state index contributed by atoms with van der Waals surface area (Å²) >= 11 is 0. The fourth-order valence-electron chi connectivity index (χ4n) is 2.53. The van der Waals surface area contributed by atoms with Crippen LogP contribution >= 0.6 is 0 Å². The first-order chi connectivity index (χ1) is 8.08. The molecule has 2 nitrogen and oxygen atoms in total. The Balaban J connectivity index is 2.23. The average Bonchev–Trinajstić information content (AvgIpc) is 2.52. The number of hydrogen-bond donors (Lipinski definition) is 0. The lowest BCUT2D eigenvalue weighted by Crippen LogP contribution is -2.17. The van der Waals surface area contributed by atoms with Crippen LogP contribution in [0, 0.1) is 5.92 Å². The third-order valence-corrected chi connectivity index (χ3v) is 3.69. The number of ether oxygens (including phenoxy) is 1. The van der Waals surface area contributed by atoms with Gasteiger partial charge in [0.05, 0.1) is 0 Å². The molecule has 0 spiro atoms. The molecule has 0 amide bonds. The van der Waals surface area contributed by atoms with E-state index in [1.165, 1.54) is 11.1 Å². The Hall–Kier alpha value is -1.31. The molecule has 0 bridgehead atoms. The van der Waals surface area contributed by atoms with E-state index < -0.39 is 0 Å². The summed E-state index contributed by atoms with van der Waals surface area (Å²) in [5.74, 6) is -0.0444. The molecular formula is C15H20O2. The van der Waals surface area contributed by atoms with Gasteiger partial charge in [0.25, 0.3) is 0 Å². The van der Waals surface area contributed by atoms with Crippen molar-refractivity contribution in [3.05, 3.63) is 35.5 Å². The third-order valence-electron chi connectivity index (χ3n) is 3.69. The van der Waals surface area contributed by atoms with Gasteiger partial charge in [0.2, 0.25) is 0 Å². The maximum absolute atomic E-state index is 11.6. The quantitative estimate of drug-likeness (QED) is 0.363. The van der Waals surface area contributed by atoms with Crippen molar-refractivity contribution in [2.24, 2.45) is 5.92 Å². The topological polar surface area (TPSA) is 26.3 Å². The summed E-state index contributed by atoms with van der Waals surface area (Å²) in [7, 11) is 0. The molecule has 0 N–H and O–H groups in total. The SMILES string of the molecule is C=C1C(=O)O[C@@H]2C/C(C)=C\CC/C(C)=C/C[C@H]12. The van der Waals surface area contributed by atoms with Crippen molar-refractivity contribution < 1.29 is 9.53 Å². The second-order valence-corrected chi connectivity index (χ2v) is 5.15. The summed E-state index contributed by atoms with van der Waals surface area (Å²) in [4.78, 5) is 11.6. The Kier molecular flexibility index (Phi) is 3.51. The molecule has 0 aromatic carbocycles. The van der Waals surface area contributed by atoms with E-state index in [9.17, 15) is 4.79 Å². The Morgan fingerprint density at radius 2 is 2.06 bits per heavy atom. The Bertz CT molecular complexity index is 401. The molecule has 0 unspecified atom stereocenters. The van der Waals surface area contributed by atoms with Crippen LogP contribution in [0.3, 0.4) is 0 Å². The first kappa shape index (κ1) is 12.2. The predicted molar refractivity (Wildman–Crippen MR) is 68.5 cm³/mol. The van der Waals surface area contributed by atoms with Crippen LogP contribution in [0.15, 0.2) is 35.5 Å². The zero-order valence-corrected chi connectivity index (χ0v) is 10.7. The normalized spacial score (nSPS) is 36.4. The summed E-state index contributed by atoms with van der Waals surface area (Å²) in [6.45, 7) is 8.14. The van der Waals surface area contributed by atoms with Gasteiger partial charge in [-0.25, -0.2) is 4.79 Å². The van der Waals surface area contributed by atoms with Crippen molar-refractivity contribution in [3.8, 4) is 0 Å². The maximum Gasteiger partial charge on any atom is 0.334 e. The van der Waals surface area contributed by atoms with E-state index >= 15 is 0 Å². The summed E-state index contributed by atoms with van der Waals surface area (Å²) < 4.78 is 5.41. The summed E-state index contributed by atoms with van der Waals surface area (Å²) in [5, 5.41) is 0. The van der Waals surface area contributed by atoms with Gasteiger partial charge in [0, 0.05) is 17.9 Å². The maximum atomic E-state index is 11.6. The molecule has 2 heteroatoms. The number of allylic oxidation sites excluding steroid dienone is 3. The van der Waals surface area contributed by atoms with Gasteiger partial charge in [0.1, 0.15) is 6.10 Å². The Labute approximate surface area is 103 Å². The number of hydrogen-bond acceptors (Lipinski definition) is 2. The summed E-state index contributed by atoms with van der Waals surface area (Å²) in [6.07, 6.45) is 8.41. The van der Waals surface area contributed by atoms with Crippen LogP contribution in [0.5, 0.6) is 0 Å². The van der Waals surface area contributed by atoms with Crippen LogP contribution in [0.2, 0.25) is 0 Å². The summed E-state index contributed by atoms with van der Waals surface area (Å²) in [6, 6.07) is 0. The van der Waals surface area contributed by atoms with Crippen molar-refractivity contribution >= 4 is 5.97 Å². The van der Waals surface area contributed by atoms with E-state index in [1.54, 1.807) is 0 Å². The number of rotatable bonds is 0. The van der Waals surface area contributed by atoms with Crippen LogP contribution in [0.1, 0.15) is 39.5 Å². The van der Waals surface area contributed by atoms with E-state index in [2.05, 4.69) is 32.6 Å². The molecule has 2 rings (SSSR count). The minimum absolute atomic E-state index is 0.00611. The molecule has 1 heterocycles. The van der Waals surface area contributed by atoms with Gasteiger partial charge in [-0.2, -0.15) is 0 Å². The number of esters is 1. The van der Waals surface area contributed by atoms with Gasteiger partial charge >= 0.3 is 5.97 Å². The first-order valence-electron chi connectivity index (χ1n) is 6.29. The van der Waals surface area contributed by atoms with E-state index in [-0.39, 0.29) is 18.0 Å². The lowest BCUT2D eigenvalue weighted by Gasteiger charge is -2.18. The van der Waals surface area contributed by atoms with Crippen LogP contribution in [0.25, 0.3) is 0 Å². The third kappa shape index (κ3) is 2.68. The van der Waals surface area contributed by atoms with Gasteiger partial charge in [0.15, 0.2) is 0 Å². The van der Waals surface area contributed by atoms with Gasteiger partial charge in [-0.15, -0.1) is 0 Å². The van der Waals surface area contributed by atoms with Gasteiger partial charge in [-0.1, -0.05) is 29.9 Å². The molecule has 1 saturated heterocycles. The standard InChI is InChI=1S/C15H20O2/c1-10-5-4-6-11(2)9-14-13(8-7-10)12(3)15(16)17-14/h6-7,13-14H,3-5,8-9H2,1-2H3/b10-7+,11-6-/t13-,14-/m1/s1. The molecule has 0 aromatic rings. The van der Waals surface area contributed by atoms with E-state index in [0.717, 1.165) is 25.7 Å². The molecule has 0 radical (unpaired) electrons. The van der Waals surface area contributed by atoms with Crippen molar-refractivity contribution in [2.75, 3.05) is 0 Å². The van der Waals surface area contributed by atoms with Gasteiger partial charge in [-0.3, -0.25) is 0 Å². The zero-order valence-electron chi connectivity index (χ0n) is 10.7. The van der Waals surface area contributed by atoms with Crippen LogP contribution < -0.4 is 0 Å². The van der Waals surface area contributed by atoms with E-state index in [1.807, 2.05) is 0 Å². The highest BCUT2D eigenvalue weighted by molar-refractivity contribution is 5.90. The highest BCUT2D eigenvalue weighted by atomic mass is 16.6. The minimum atomic E-state index is -0.210. The zero-order chi connectivity index (χ0) is 12.4. The molecule has 0 saturated carbocycles. The molecular weight excluding hydrogens is 212 g/mol. The molecule has 92 valence electrons. The predicted octanol–water partition coefficient (Wildman–Crippen LogP) is 3.55. The second kappa shape index (κ2) is 4.91. The van der Waals surface area contributed by atoms with Crippen molar-refractivity contribution in [1.29, 1.82) is 0 Å². The van der Waals surface area contributed by atoms with Crippen LogP contribution in [-0.4, -0.2) is 12.1 Å². The average molecular weight is 232 g/mol. The Morgan fingerprint density at radius 3 is 2.82 bits per heavy atom. The van der Waals surface area contributed by atoms with Crippen LogP contribution in [-0.2, 0) is 9.53 Å². The minimum Gasteiger partial charge on any atom is -0.458 e. The number of fused-ring (bicyclic) bond motifs is 1. The molecule has 1 fully saturated rings. The highest BCUT2D eigenvalue weighted by Gasteiger charge is 2.37. The number of carbonyl (C=O) groups excluding carboxylic acids is 1. The Morgan fingerprint density at radius 1 is 1.29 bits per heavy atom. The second-order valence-electron chi connectivity index (χ2n) is 5.15. The van der Waals surface area contributed by atoms with E-state index in [4.69, 9.17) is 4.74 Å². The number of carbonyl (C=O) groups is 1. The molecule has 1 aliphatic heterocycles. The highest BCUT2D eigenvalue weighted by Crippen LogP contribution is 2.34. The van der Waals surface area contributed by atoms with Crippen molar-refractivity contribution in [1.82, 2.24) is 0 Å². The summed E-state index contributed by atoms with van der Waals surface area (Å²) in [5.41, 5.74) is 3.35. The van der Waals surface area contributed by atoms with Crippen molar-refractivity contribution in [2.45, 2.75) is 45.6 Å². The monoisotopic (exact) mass is 232 g/mol. The first-order valence-corrected chi connectivity index (χ1v) is 6.29. The molecule has 0 aromatic heterocycles. The molecule has 17 heavy (non-hydrogen) atoms. The smallest absolute Gasteiger partial charge is 0.334 e. The van der Waals surface area contributed by atoms with E-state index in [0.29, 0.717) is 5.57 Å². The van der Waals surface area contributed by atoms with Crippen molar-refractivity contribution in [3.63, 3.8) is 0 Å². The molecule has 2 atom stereocenters. The van der Waals surface area contributed by atoms with Gasteiger partial charge < -0.3 is 4.74 Å². The molecule has 2 aliphatic rings. The fraction of sp³-hybridized carbons (Fsp3) is 0.533. The van der Waals surface area contributed by atoms with Crippen LogP contribution in [0.4, 0.5) is 0 Å². The lowest BCUT2D eigenvalue weighted by molar-refractivity contribution is -0.139. The lowest BCUT2D eigenvalue weighted by atomic mass is 9.88. The fourth-order valence-corrected chi connectivity index (χ4v) is 2.53. The largest absolute Gasteiger partial charge is 0.458 e. The van der Waals surface area contributed by atoms with Gasteiger partial charge in [-0.05, 0) is 33.1 Å². The molecule has 1 aliphatic carbocycles.